The highest BCUT2D eigenvalue weighted by Crippen LogP contribution is 2.35. The van der Waals surface area contributed by atoms with Crippen molar-refractivity contribution in [2.24, 2.45) is 0 Å². The van der Waals surface area contributed by atoms with Gasteiger partial charge in [0.1, 0.15) is 12.4 Å². The first-order chi connectivity index (χ1) is 7.29. The van der Waals surface area contributed by atoms with Crippen molar-refractivity contribution in [2.75, 3.05) is 13.4 Å². The zero-order chi connectivity index (χ0) is 10.7. The maximum atomic E-state index is 9.33. The van der Waals surface area contributed by atoms with E-state index in [1.54, 1.807) is 18.2 Å². The van der Waals surface area contributed by atoms with Crippen molar-refractivity contribution >= 4 is 0 Å². The first kappa shape index (κ1) is 10.1. The Bertz CT molecular complexity index is 337. The first-order valence-corrected chi connectivity index (χ1v) is 5.00. The lowest BCUT2D eigenvalue weighted by Crippen LogP contribution is -2.15. The van der Waals surface area contributed by atoms with Crippen molar-refractivity contribution in [3.63, 3.8) is 0 Å². The van der Waals surface area contributed by atoms with E-state index < -0.39 is 6.10 Å². The quantitative estimate of drug-likeness (QED) is 0.819. The number of hydrogen-bond donors (Lipinski definition) is 1. The molecule has 1 aromatic rings. The van der Waals surface area contributed by atoms with Gasteiger partial charge < -0.3 is 19.3 Å². The monoisotopic (exact) mass is 210 g/mol. The highest BCUT2D eigenvalue weighted by Gasteiger charge is 2.13. The minimum atomic E-state index is -0.421. The number of fused-ring (bicyclic) bond motifs is 1. The predicted octanol–water partition coefficient (Wildman–Crippen LogP) is 1.56. The van der Waals surface area contributed by atoms with E-state index in [0.29, 0.717) is 24.5 Å². The molecule has 0 saturated carbocycles. The standard InChI is InChI=1S/C11H14O4/c1-2-8(12)6-13-9-3-4-10-11(5-9)15-7-14-10/h3-5,8,12H,2,6-7H2,1H3/t8-/m1/s1. The van der Waals surface area contributed by atoms with Gasteiger partial charge in [-0.05, 0) is 18.6 Å². The van der Waals surface area contributed by atoms with Gasteiger partial charge in [-0.15, -0.1) is 0 Å². The molecule has 0 aliphatic carbocycles. The fraction of sp³-hybridized carbons (Fsp3) is 0.455. The lowest BCUT2D eigenvalue weighted by atomic mass is 10.3. The van der Waals surface area contributed by atoms with Crippen molar-refractivity contribution in [1.82, 2.24) is 0 Å². The maximum absolute atomic E-state index is 9.33. The molecule has 1 aliphatic rings. The van der Waals surface area contributed by atoms with Crippen LogP contribution in [0.5, 0.6) is 17.2 Å². The highest BCUT2D eigenvalue weighted by molar-refractivity contribution is 5.46. The van der Waals surface area contributed by atoms with E-state index in [0.717, 1.165) is 5.75 Å². The molecule has 0 fully saturated rings. The fourth-order valence-electron chi connectivity index (χ4n) is 1.28. The van der Waals surface area contributed by atoms with E-state index >= 15 is 0 Å². The Hall–Kier alpha value is -1.42. The smallest absolute Gasteiger partial charge is 0.231 e. The molecule has 1 heterocycles. The van der Waals surface area contributed by atoms with E-state index in [4.69, 9.17) is 14.2 Å². The Morgan fingerprint density at radius 2 is 2.20 bits per heavy atom. The van der Waals surface area contributed by atoms with Crippen LogP contribution in [0.15, 0.2) is 18.2 Å². The average molecular weight is 210 g/mol. The number of ether oxygens (including phenoxy) is 3. The highest BCUT2D eigenvalue weighted by atomic mass is 16.7. The van der Waals surface area contributed by atoms with Gasteiger partial charge in [0.2, 0.25) is 6.79 Å². The zero-order valence-corrected chi connectivity index (χ0v) is 8.60. The third-order valence-electron chi connectivity index (χ3n) is 2.26. The maximum Gasteiger partial charge on any atom is 0.231 e. The first-order valence-electron chi connectivity index (χ1n) is 5.00. The van der Waals surface area contributed by atoms with Gasteiger partial charge in [-0.25, -0.2) is 0 Å². The van der Waals surface area contributed by atoms with E-state index in [1.807, 2.05) is 6.92 Å². The van der Waals surface area contributed by atoms with Crippen LogP contribution in [0.1, 0.15) is 13.3 Å². The number of rotatable bonds is 4. The fourth-order valence-corrected chi connectivity index (χ4v) is 1.28. The molecule has 0 aromatic heterocycles. The Balaban J connectivity index is 1.98. The van der Waals surface area contributed by atoms with Crippen LogP contribution in [-0.4, -0.2) is 24.6 Å². The largest absolute Gasteiger partial charge is 0.491 e. The van der Waals surface area contributed by atoms with Gasteiger partial charge in [-0.1, -0.05) is 6.92 Å². The number of hydrogen-bond acceptors (Lipinski definition) is 4. The molecular formula is C11H14O4. The average Bonchev–Trinajstić information content (AvgIpc) is 2.72. The summed E-state index contributed by atoms with van der Waals surface area (Å²) in [5.74, 6) is 2.11. The molecule has 1 N–H and O–H groups in total. The summed E-state index contributed by atoms with van der Waals surface area (Å²) in [7, 11) is 0. The minimum absolute atomic E-state index is 0.260. The molecule has 0 saturated heterocycles. The van der Waals surface area contributed by atoms with Gasteiger partial charge in [0.05, 0.1) is 6.10 Å². The molecule has 1 atom stereocenters. The summed E-state index contributed by atoms with van der Waals surface area (Å²) in [5.41, 5.74) is 0. The van der Waals surface area contributed by atoms with Crippen LogP contribution in [0, 0.1) is 0 Å². The lowest BCUT2D eigenvalue weighted by Gasteiger charge is -2.10. The molecule has 1 aliphatic heterocycles. The number of aliphatic hydroxyl groups excluding tert-OH is 1. The van der Waals surface area contributed by atoms with Crippen LogP contribution < -0.4 is 14.2 Å². The summed E-state index contributed by atoms with van der Waals surface area (Å²) >= 11 is 0. The van der Waals surface area contributed by atoms with Crippen molar-refractivity contribution in [2.45, 2.75) is 19.4 Å². The van der Waals surface area contributed by atoms with Crippen LogP contribution in [0.2, 0.25) is 0 Å². The molecule has 0 spiro atoms. The Morgan fingerprint density at radius 1 is 1.40 bits per heavy atom. The minimum Gasteiger partial charge on any atom is -0.491 e. The molecule has 0 unspecified atom stereocenters. The summed E-state index contributed by atoms with van der Waals surface area (Å²) in [6.45, 7) is 2.47. The molecule has 15 heavy (non-hydrogen) atoms. The van der Waals surface area contributed by atoms with E-state index in [1.165, 1.54) is 0 Å². The Morgan fingerprint density at radius 3 is 3.00 bits per heavy atom. The van der Waals surface area contributed by atoms with Gasteiger partial charge in [0, 0.05) is 6.07 Å². The third kappa shape index (κ3) is 2.33. The summed E-state index contributed by atoms with van der Waals surface area (Å²) in [6, 6.07) is 5.37. The normalized spacial score (nSPS) is 15.1. The van der Waals surface area contributed by atoms with Crippen LogP contribution in [0.3, 0.4) is 0 Å². The van der Waals surface area contributed by atoms with Crippen LogP contribution >= 0.6 is 0 Å². The number of benzene rings is 1. The molecule has 4 nitrogen and oxygen atoms in total. The third-order valence-corrected chi connectivity index (χ3v) is 2.26. The molecule has 0 bridgehead atoms. The van der Waals surface area contributed by atoms with Gasteiger partial charge in [0.15, 0.2) is 11.5 Å². The van der Waals surface area contributed by atoms with E-state index in [9.17, 15) is 5.11 Å². The topological polar surface area (TPSA) is 47.9 Å². The SMILES string of the molecule is CC[C@@H](O)COc1ccc2c(c1)OCO2. The van der Waals surface area contributed by atoms with Gasteiger partial charge >= 0.3 is 0 Å². The Labute approximate surface area is 88.4 Å². The van der Waals surface area contributed by atoms with Crippen molar-refractivity contribution in [1.29, 1.82) is 0 Å². The predicted molar refractivity (Wildman–Crippen MR) is 54.4 cm³/mol. The van der Waals surface area contributed by atoms with E-state index in [2.05, 4.69) is 0 Å². The van der Waals surface area contributed by atoms with E-state index in [-0.39, 0.29) is 6.79 Å². The van der Waals surface area contributed by atoms with Gasteiger partial charge in [0.25, 0.3) is 0 Å². The molecule has 2 rings (SSSR count). The van der Waals surface area contributed by atoms with Crippen LogP contribution in [-0.2, 0) is 0 Å². The number of aliphatic hydroxyl groups is 1. The van der Waals surface area contributed by atoms with Crippen LogP contribution in [0.25, 0.3) is 0 Å². The molecule has 82 valence electrons. The lowest BCUT2D eigenvalue weighted by molar-refractivity contribution is 0.104. The molecule has 0 amide bonds. The molecule has 0 radical (unpaired) electrons. The second kappa shape index (κ2) is 4.40. The van der Waals surface area contributed by atoms with Crippen LogP contribution in [0.4, 0.5) is 0 Å². The van der Waals surface area contributed by atoms with Crippen molar-refractivity contribution in [3.8, 4) is 17.2 Å². The van der Waals surface area contributed by atoms with Crippen molar-refractivity contribution < 1.29 is 19.3 Å². The second-order valence-corrected chi connectivity index (χ2v) is 3.39. The summed E-state index contributed by atoms with van der Waals surface area (Å²) in [6.07, 6.45) is 0.264. The molecule has 4 heteroatoms. The summed E-state index contributed by atoms with van der Waals surface area (Å²) in [4.78, 5) is 0. The summed E-state index contributed by atoms with van der Waals surface area (Å²) < 4.78 is 15.8. The molecule has 1 aromatic carbocycles. The summed E-state index contributed by atoms with van der Waals surface area (Å²) in [5, 5.41) is 9.33. The molecular weight excluding hydrogens is 196 g/mol. The second-order valence-electron chi connectivity index (χ2n) is 3.39. The van der Waals surface area contributed by atoms with Crippen molar-refractivity contribution in [3.05, 3.63) is 18.2 Å². The van der Waals surface area contributed by atoms with Gasteiger partial charge in [-0.3, -0.25) is 0 Å². The Kier molecular flexibility index (Phi) is 2.97. The zero-order valence-electron chi connectivity index (χ0n) is 8.60. The van der Waals surface area contributed by atoms with Gasteiger partial charge in [-0.2, -0.15) is 0 Å².